The molecule has 0 saturated heterocycles. The molecule has 5 rings (SSSR count). The molecule has 0 aliphatic heterocycles. The normalized spacial score (nSPS) is 16.1. The summed E-state index contributed by atoms with van der Waals surface area (Å²) in [5.41, 5.74) is 2.43. The van der Waals surface area contributed by atoms with Crippen molar-refractivity contribution < 1.29 is 13.9 Å². The van der Waals surface area contributed by atoms with E-state index in [1.165, 1.54) is 6.07 Å². The van der Waals surface area contributed by atoms with Gasteiger partial charge >= 0.3 is 0 Å². The first-order chi connectivity index (χ1) is 16.1. The molecule has 6 nitrogen and oxygen atoms in total. The summed E-state index contributed by atoms with van der Waals surface area (Å²) in [4.78, 5) is 26.3. The van der Waals surface area contributed by atoms with E-state index in [0.717, 1.165) is 24.8 Å². The van der Waals surface area contributed by atoms with Gasteiger partial charge in [0.15, 0.2) is 11.6 Å². The Morgan fingerprint density at radius 3 is 2.70 bits per heavy atom. The second-order valence-corrected chi connectivity index (χ2v) is 8.10. The monoisotopic (exact) mass is 442 g/mol. The number of hydrogen-bond acceptors (Lipinski definition) is 6. The number of pyridine rings is 1. The molecule has 2 aromatic heterocycles. The Bertz CT molecular complexity index is 1330. The van der Waals surface area contributed by atoms with Crippen LogP contribution in [0.4, 0.5) is 10.2 Å². The molecule has 0 amide bonds. The van der Waals surface area contributed by atoms with Gasteiger partial charge in [0.05, 0.1) is 13.2 Å². The number of aromatic nitrogens is 3. The summed E-state index contributed by atoms with van der Waals surface area (Å²) >= 11 is 0. The highest BCUT2D eigenvalue weighted by Gasteiger charge is 2.24. The summed E-state index contributed by atoms with van der Waals surface area (Å²) in [6.45, 7) is 0. The lowest BCUT2D eigenvalue weighted by Crippen LogP contribution is -2.32. The van der Waals surface area contributed by atoms with Crippen LogP contribution in [0.2, 0.25) is 0 Å². The minimum absolute atomic E-state index is 0.174. The van der Waals surface area contributed by atoms with E-state index in [1.54, 1.807) is 43.8 Å². The van der Waals surface area contributed by atoms with Gasteiger partial charge in [-0.15, -0.1) is 0 Å². The molecule has 7 heteroatoms. The predicted octanol–water partition coefficient (Wildman–Crippen LogP) is 5.43. The van der Waals surface area contributed by atoms with E-state index < -0.39 is 0 Å². The second-order valence-electron chi connectivity index (χ2n) is 8.10. The molecular weight excluding hydrogens is 419 g/mol. The zero-order valence-electron chi connectivity index (χ0n) is 18.2. The summed E-state index contributed by atoms with van der Waals surface area (Å²) in [7, 11) is 1.56. The number of anilines is 1. The number of Topliss-reactive ketones (excluding diaryl/α,β-unsaturated/α-hetero) is 1. The SMILES string of the molecule is COc1cc(-c2ccccc2F)cc2c(NC3CCCCC3=O)nc(-c3cccnc3)nc12. The standard InChI is InChI=1S/C26H23FN4O2/c1-33-23-14-17(18-8-2-3-9-20(18)27)13-19-24(23)30-25(16-7-6-12-28-15-16)31-26(19)29-21-10-4-5-11-22(21)32/h2-3,6-9,12-15,21H,4-5,10-11H2,1H3,(H,29,30,31). The number of ketones is 1. The van der Waals surface area contributed by atoms with Crippen molar-refractivity contribution in [3.05, 3.63) is 66.7 Å². The summed E-state index contributed by atoms with van der Waals surface area (Å²) in [6.07, 6.45) is 6.57. The largest absolute Gasteiger partial charge is 0.494 e. The van der Waals surface area contributed by atoms with Crippen LogP contribution in [0.1, 0.15) is 25.7 Å². The zero-order valence-corrected chi connectivity index (χ0v) is 18.2. The number of ether oxygens (including phenoxy) is 1. The van der Waals surface area contributed by atoms with E-state index in [9.17, 15) is 9.18 Å². The molecule has 33 heavy (non-hydrogen) atoms. The number of nitrogens with zero attached hydrogens (tertiary/aromatic N) is 3. The minimum atomic E-state index is -0.330. The summed E-state index contributed by atoms with van der Waals surface area (Å²) in [5.74, 6) is 1.34. The van der Waals surface area contributed by atoms with Gasteiger partial charge in [0, 0.05) is 35.3 Å². The lowest BCUT2D eigenvalue weighted by Gasteiger charge is -2.23. The van der Waals surface area contributed by atoms with Gasteiger partial charge in [0.25, 0.3) is 0 Å². The van der Waals surface area contributed by atoms with Gasteiger partial charge in [0.1, 0.15) is 22.9 Å². The van der Waals surface area contributed by atoms with Gasteiger partial charge in [-0.2, -0.15) is 0 Å². The van der Waals surface area contributed by atoms with E-state index >= 15 is 0 Å². The number of halogens is 1. The third kappa shape index (κ3) is 4.14. The fourth-order valence-electron chi connectivity index (χ4n) is 4.24. The van der Waals surface area contributed by atoms with Crippen LogP contribution in [0.3, 0.4) is 0 Å². The molecule has 2 heterocycles. The van der Waals surface area contributed by atoms with E-state index in [0.29, 0.717) is 45.8 Å². The highest BCUT2D eigenvalue weighted by Crippen LogP contribution is 2.37. The van der Waals surface area contributed by atoms with Crippen LogP contribution in [0.15, 0.2) is 60.9 Å². The number of benzene rings is 2. The molecule has 1 unspecified atom stereocenters. The molecule has 1 N–H and O–H groups in total. The highest BCUT2D eigenvalue weighted by atomic mass is 19.1. The lowest BCUT2D eigenvalue weighted by molar-refractivity contribution is -0.121. The van der Waals surface area contributed by atoms with Crippen LogP contribution in [0.25, 0.3) is 33.4 Å². The van der Waals surface area contributed by atoms with Crippen molar-refractivity contribution in [2.75, 3.05) is 12.4 Å². The highest BCUT2D eigenvalue weighted by molar-refractivity contribution is 5.99. The fourth-order valence-corrected chi connectivity index (χ4v) is 4.24. The average molecular weight is 442 g/mol. The lowest BCUT2D eigenvalue weighted by atomic mass is 9.94. The van der Waals surface area contributed by atoms with Crippen LogP contribution >= 0.6 is 0 Å². The number of nitrogens with one attached hydrogen (secondary N) is 1. The van der Waals surface area contributed by atoms with Gasteiger partial charge < -0.3 is 10.1 Å². The molecule has 4 aromatic rings. The van der Waals surface area contributed by atoms with Crippen LogP contribution < -0.4 is 10.1 Å². The van der Waals surface area contributed by atoms with E-state index in [4.69, 9.17) is 14.7 Å². The smallest absolute Gasteiger partial charge is 0.163 e. The van der Waals surface area contributed by atoms with Gasteiger partial charge in [-0.25, -0.2) is 14.4 Å². The Morgan fingerprint density at radius 1 is 1.06 bits per heavy atom. The molecule has 1 atom stereocenters. The maximum absolute atomic E-state index is 14.6. The first-order valence-corrected chi connectivity index (χ1v) is 11.0. The molecule has 1 fully saturated rings. The van der Waals surface area contributed by atoms with Crippen molar-refractivity contribution in [3.8, 4) is 28.3 Å². The minimum Gasteiger partial charge on any atom is -0.494 e. The molecule has 1 aliphatic rings. The van der Waals surface area contributed by atoms with Gasteiger partial charge in [-0.05, 0) is 48.7 Å². The second kappa shape index (κ2) is 8.94. The Labute approximate surface area is 190 Å². The number of fused-ring (bicyclic) bond motifs is 1. The molecule has 0 spiro atoms. The van der Waals surface area contributed by atoms with Gasteiger partial charge in [-0.1, -0.05) is 24.6 Å². The van der Waals surface area contributed by atoms with Crippen LogP contribution in [-0.2, 0) is 4.79 Å². The molecule has 1 aliphatic carbocycles. The molecular formula is C26H23FN4O2. The Hall–Kier alpha value is -3.87. The van der Waals surface area contributed by atoms with Crippen molar-refractivity contribution in [2.45, 2.75) is 31.7 Å². The van der Waals surface area contributed by atoms with Crippen LogP contribution in [0.5, 0.6) is 5.75 Å². The quantitative estimate of drug-likeness (QED) is 0.444. The number of carbonyl (C=O) groups is 1. The topological polar surface area (TPSA) is 77.0 Å². The van der Waals surface area contributed by atoms with Crippen molar-refractivity contribution in [3.63, 3.8) is 0 Å². The first kappa shape index (κ1) is 21.0. The Balaban J connectivity index is 1.73. The van der Waals surface area contributed by atoms with Gasteiger partial charge in [-0.3, -0.25) is 9.78 Å². The first-order valence-electron chi connectivity index (χ1n) is 11.0. The molecule has 0 radical (unpaired) electrons. The molecule has 0 bridgehead atoms. The van der Waals surface area contributed by atoms with Crippen molar-refractivity contribution in [1.29, 1.82) is 0 Å². The van der Waals surface area contributed by atoms with Crippen molar-refractivity contribution in [2.24, 2.45) is 0 Å². The zero-order chi connectivity index (χ0) is 22.8. The number of methoxy groups -OCH3 is 1. The van der Waals surface area contributed by atoms with Crippen molar-refractivity contribution >= 4 is 22.5 Å². The summed E-state index contributed by atoms with van der Waals surface area (Å²) in [5, 5.41) is 4.02. The fraction of sp³-hybridized carbons (Fsp3) is 0.231. The van der Waals surface area contributed by atoms with Crippen LogP contribution in [-0.4, -0.2) is 33.9 Å². The molecule has 166 valence electrons. The number of carbonyl (C=O) groups excluding carboxylic acids is 1. The Morgan fingerprint density at radius 2 is 1.94 bits per heavy atom. The van der Waals surface area contributed by atoms with E-state index in [-0.39, 0.29) is 17.6 Å². The van der Waals surface area contributed by atoms with E-state index in [2.05, 4.69) is 10.3 Å². The number of hydrogen-bond donors (Lipinski definition) is 1. The third-order valence-electron chi connectivity index (χ3n) is 5.96. The molecule has 2 aromatic carbocycles. The average Bonchev–Trinajstić information content (AvgIpc) is 2.85. The van der Waals surface area contributed by atoms with Gasteiger partial charge in [0.2, 0.25) is 0 Å². The van der Waals surface area contributed by atoms with Crippen LogP contribution in [0, 0.1) is 5.82 Å². The summed E-state index contributed by atoms with van der Waals surface area (Å²) < 4.78 is 20.2. The third-order valence-corrected chi connectivity index (χ3v) is 5.96. The Kier molecular flexibility index (Phi) is 5.69. The maximum atomic E-state index is 14.6. The summed E-state index contributed by atoms with van der Waals surface area (Å²) in [6, 6.07) is 13.6. The van der Waals surface area contributed by atoms with E-state index in [1.807, 2.05) is 18.2 Å². The maximum Gasteiger partial charge on any atom is 0.163 e. The van der Waals surface area contributed by atoms with Crippen molar-refractivity contribution in [1.82, 2.24) is 15.0 Å². The predicted molar refractivity (Wildman–Crippen MR) is 126 cm³/mol. The number of rotatable bonds is 5. The molecule has 1 saturated carbocycles.